The van der Waals surface area contributed by atoms with Crippen molar-refractivity contribution in [3.8, 4) is 11.5 Å². The molecule has 29 heavy (non-hydrogen) atoms. The van der Waals surface area contributed by atoms with Crippen LogP contribution >= 0.6 is 0 Å². The second-order valence-electron chi connectivity index (χ2n) is 6.30. The fourth-order valence-electron chi connectivity index (χ4n) is 3.03. The maximum Gasteiger partial charge on any atom is 0.378 e. The van der Waals surface area contributed by atoms with Gasteiger partial charge in [-0.05, 0) is 12.1 Å². The first-order valence-corrected chi connectivity index (χ1v) is 9.23. The van der Waals surface area contributed by atoms with Crippen LogP contribution in [0.4, 0.5) is 0 Å². The second-order valence-corrected chi connectivity index (χ2v) is 6.30. The summed E-state index contributed by atoms with van der Waals surface area (Å²) in [6.45, 7) is 0.125. The number of rotatable bonds is 10. The fraction of sp³-hybridized carbons (Fsp3) is 0.318. The van der Waals surface area contributed by atoms with Gasteiger partial charge in [0.05, 0.1) is 14.2 Å². The molecule has 0 saturated heterocycles. The first-order valence-electron chi connectivity index (χ1n) is 9.23. The van der Waals surface area contributed by atoms with Crippen molar-refractivity contribution in [2.45, 2.75) is 25.7 Å². The molecule has 1 N–H and O–H groups in total. The number of methoxy groups -OCH3 is 2. The number of carbonyl (C=O) groups excluding carboxylic acids is 1. The SMILES string of the molecule is COc1ccccc1COC1=C(OCc2ccccc2OC)C(CCO)OC1=O. The zero-order chi connectivity index (χ0) is 20.6. The predicted molar refractivity (Wildman–Crippen MR) is 104 cm³/mol. The van der Waals surface area contributed by atoms with E-state index in [-0.39, 0.29) is 37.8 Å². The summed E-state index contributed by atoms with van der Waals surface area (Å²) in [4.78, 5) is 12.4. The lowest BCUT2D eigenvalue weighted by Gasteiger charge is -2.15. The van der Waals surface area contributed by atoms with E-state index in [1.54, 1.807) is 14.2 Å². The van der Waals surface area contributed by atoms with E-state index in [1.165, 1.54) is 0 Å². The molecule has 1 aliphatic heterocycles. The summed E-state index contributed by atoms with van der Waals surface area (Å²) in [5.74, 6) is 0.985. The third kappa shape index (κ3) is 4.81. The molecule has 0 aliphatic carbocycles. The van der Waals surface area contributed by atoms with Gasteiger partial charge >= 0.3 is 5.97 Å². The van der Waals surface area contributed by atoms with Crippen molar-refractivity contribution in [2.24, 2.45) is 0 Å². The highest BCUT2D eigenvalue weighted by atomic mass is 16.6. The second kappa shape index (κ2) is 9.84. The average Bonchev–Trinajstić information content (AvgIpc) is 3.05. The molecule has 0 bridgehead atoms. The van der Waals surface area contributed by atoms with Gasteiger partial charge in [-0.3, -0.25) is 0 Å². The maximum atomic E-state index is 12.4. The number of aliphatic hydroxyl groups is 1. The third-order valence-corrected chi connectivity index (χ3v) is 4.48. The molecule has 7 heteroatoms. The summed E-state index contributed by atoms with van der Waals surface area (Å²) in [6.07, 6.45) is -0.482. The summed E-state index contributed by atoms with van der Waals surface area (Å²) < 4.78 is 27.7. The predicted octanol–water partition coefficient (Wildman–Crippen LogP) is 2.96. The molecule has 2 aromatic rings. The number of aliphatic hydroxyl groups excluding tert-OH is 1. The normalized spacial score (nSPS) is 15.8. The summed E-state index contributed by atoms with van der Waals surface area (Å²) in [5.41, 5.74) is 1.60. The van der Waals surface area contributed by atoms with Crippen LogP contribution in [0.2, 0.25) is 0 Å². The van der Waals surface area contributed by atoms with E-state index < -0.39 is 12.1 Å². The van der Waals surface area contributed by atoms with Crippen molar-refractivity contribution >= 4 is 5.97 Å². The van der Waals surface area contributed by atoms with Crippen molar-refractivity contribution in [3.63, 3.8) is 0 Å². The first-order chi connectivity index (χ1) is 14.2. The first kappa shape index (κ1) is 20.5. The summed E-state index contributed by atoms with van der Waals surface area (Å²) >= 11 is 0. The van der Waals surface area contributed by atoms with E-state index in [0.717, 1.165) is 11.1 Å². The maximum absolute atomic E-state index is 12.4. The number of cyclic esters (lactones) is 1. The van der Waals surface area contributed by atoms with Crippen LogP contribution in [-0.4, -0.2) is 38.0 Å². The van der Waals surface area contributed by atoms with E-state index in [2.05, 4.69) is 0 Å². The Morgan fingerprint density at radius 3 is 2.00 bits per heavy atom. The molecular weight excluding hydrogens is 376 g/mol. The molecule has 1 aliphatic rings. The van der Waals surface area contributed by atoms with Crippen LogP contribution in [-0.2, 0) is 32.2 Å². The summed E-state index contributed by atoms with van der Waals surface area (Å²) in [5, 5.41) is 9.31. The molecule has 2 aromatic carbocycles. The summed E-state index contributed by atoms with van der Waals surface area (Å²) in [6, 6.07) is 14.8. The van der Waals surface area contributed by atoms with Crippen LogP contribution in [0.5, 0.6) is 11.5 Å². The highest BCUT2D eigenvalue weighted by Gasteiger charge is 2.37. The number of benzene rings is 2. The van der Waals surface area contributed by atoms with Crippen molar-refractivity contribution in [2.75, 3.05) is 20.8 Å². The Morgan fingerprint density at radius 1 is 0.897 bits per heavy atom. The van der Waals surface area contributed by atoms with Gasteiger partial charge in [0.1, 0.15) is 24.7 Å². The standard InChI is InChI=1S/C22H24O7/c1-25-17-9-5-3-7-15(17)13-27-20-19(11-12-23)29-22(24)21(20)28-14-16-8-4-6-10-18(16)26-2/h3-10,19,23H,11-14H2,1-2H3. The molecule has 154 valence electrons. The highest BCUT2D eigenvalue weighted by molar-refractivity contribution is 5.89. The number of ether oxygens (including phenoxy) is 5. The Hall–Kier alpha value is -3.19. The molecule has 7 nitrogen and oxygen atoms in total. The minimum absolute atomic E-state index is 0.00394. The number of carbonyl (C=O) groups is 1. The Morgan fingerprint density at radius 2 is 1.45 bits per heavy atom. The van der Waals surface area contributed by atoms with Crippen molar-refractivity contribution in [1.82, 2.24) is 0 Å². The van der Waals surface area contributed by atoms with Crippen molar-refractivity contribution in [1.29, 1.82) is 0 Å². The van der Waals surface area contributed by atoms with Crippen LogP contribution in [0.1, 0.15) is 17.5 Å². The average molecular weight is 400 g/mol. The molecule has 1 unspecified atom stereocenters. The largest absolute Gasteiger partial charge is 0.496 e. The van der Waals surface area contributed by atoms with Gasteiger partial charge in [0.2, 0.25) is 5.76 Å². The number of hydrogen-bond acceptors (Lipinski definition) is 7. The molecule has 3 rings (SSSR count). The minimum atomic E-state index is -0.699. The van der Waals surface area contributed by atoms with E-state index >= 15 is 0 Å². The lowest BCUT2D eigenvalue weighted by molar-refractivity contribution is -0.143. The summed E-state index contributed by atoms with van der Waals surface area (Å²) in [7, 11) is 3.15. The van der Waals surface area contributed by atoms with Gasteiger partial charge < -0.3 is 28.8 Å². The molecule has 1 atom stereocenters. The van der Waals surface area contributed by atoms with Gasteiger partial charge in [-0.1, -0.05) is 36.4 Å². The Balaban J connectivity index is 1.80. The topological polar surface area (TPSA) is 83.5 Å². The molecule has 0 spiro atoms. The van der Waals surface area contributed by atoms with E-state index in [9.17, 15) is 9.90 Å². The van der Waals surface area contributed by atoms with Crippen LogP contribution in [0.15, 0.2) is 60.0 Å². The quantitative estimate of drug-likeness (QED) is 0.614. The van der Waals surface area contributed by atoms with Crippen LogP contribution < -0.4 is 9.47 Å². The number of esters is 1. The zero-order valence-electron chi connectivity index (χ0n) is 16.4. The minimum Gasteiger partial charge on any atom is -0.496 e. The monoisotopic (exact) mass is 400 g/mol. The van der Waals surface area contributed by atoms with Crippen LogP contribution in [0, 0.1) is 0 Å². The van der Waals surface area contributed by atoms with Gasteiger partial charge in [-0.2, -0.15) is 0 Å². The smallest absolute Gasteiger partial charge is 0.378 e. The Kier molecular flexibility index (Phi) is 6.97. The number of para-hydroxylation sites is 2. The van der Waals surface area contributed by atoms with Gasteiger partial charge in [0, 0.05) is 24.2 Å². The van der Waals surface area contributed by atoms with Gasteiger partial charge in [-0.25, -0.2) is 4.79 Å². The molecule has 0 radical (unpaired) electrons. The molecule has 1 heterocycles. The van der Waals surface area contributed by atoms with E-state index in [4.69, 9.17) is 23.7 Å². The molecule has 0 amide bonds. The molecular formula is C22H24O7. The van der Waals surface area contributed by atoms with Gasteiger partial charge in [-0.15, -0.1) is 0 Å². The lowest BCUT2D eigenvalue weighted by atomic mass is 10.2. The fourth-order valence-corrected chi connectivity index (χ4v) is 3.03. The Labute approximate surface area is 169 Å². The molecule has 0 aromatic heterocycles. The lowest BCUT2D eigenvalue weighted by Crippen LogP contribution is -2.15. The van der Waals surface area contributed by atoms with Crippen LogP contribution in [0.3, 0.4) is 0 Å². The van der Waals surface area contributed by atoms with E-state index in [0.29, 0.717) is 11.5 Å². The highest BCUT2D eigenvalue weighted by Crippen LogP contribution is 2.30. The van der Waals surface area contributed by atoms with Crippen molar-refractivity contribution < 1.29 is 33.6 Å². The Bertz CT molecular complexity index is 875. The van der Waals surface area contributed by atoms with Gasteiger partial charge in [0.15, 0.2) is 11.9 Å². The third-order valence-electron chi connectivity index (χ3n) is 4.48. The zero-order valence-corrected chi connectivity index (χ0v) is 16.4. The van der Waals surface area contributed by atoms with E-state index in [1.807, 2.05) is 48.5 Å². The van der Waals surface area contributed by atoms with Gasteiger partial charge in [0.25, 0.3) is 0 Å². The van der Waals surface area contributed by atoms with Crippen molar-refractivity contribution in [3.05, 3.63) is 71.2 Å². The van der Waals surface area contributed by atoms with Crippen LogP contribution in [0.25, 0.3) is 0 Å². The molecule has 0 saturated carbocycles. The molecule has 0 fully saturated rings. The number of hydrogen-bond donors (Lipinski definition) is 1.